The number of ether oxygens (including phenoxy) is 2. The summed E-state index contributed by atoms with van der Waals surface area (Å²) >= 11 is 1.75. The predicted molar refractivity (Wildman–Crippen MR) is 141 cm³/mol. The van der Waals surface area contributed by atoms with E-state index in [2.05, 4.69) is 59.7 Å². The van der Waals surface area contributed by atoms with E-state index in [1.165, 1.54) is 21.9 Å². The SMILES string of the molecule is COc1ccc(/C=C/C(=O)NCCSc2c(-c3ccc(C)cc3)[nH]c3ccccc23)cc1OC. The van der Waals surface area contributed by atoms with E-state index in [4.69, 9.17) is 9.47 Å². The molecule has 0 spiro atoms. The number of hydrogen-bond acceptors (Lipinski definition) is 4. The van der Waals surface area contributed by atoms with E-state index < -0.39 is 0 Å². The zero-order valence-corrected chi connectivity index (χ0v) is 20.4. The number of aromatic amines is 1. The molecule has 0 bridgehead atoms. The van der Waals surface area contributed by atoms with Gasteiger partial charge in [-0.2, -0.15) is 0 Å². The van der Waals surface area contributed by atoms with Crippen molar-refractivity contribution >= 4 is 34.6 Å². The van der Waals surface area contributed by atoms with Gasteiger partial charge in [0.05, 0.1) is 19.9 Å². The van der Waals surface area contributed by atoms with E-state index in [1.807, 2.05) is 24.3 Å². The molecule has 6 heteroatoms. The van der Waals surface area contributed by atoms with Gasteiger partial charge in [-0.1, -0.05) is 54.1 Å². The maximum Gasteiger partial charge on any atom is 0.244 e. The van der Waals surface area contributed by atoms with Gasteiger partial charge in [0.15, 0.2) is 11.5 Å². The fraction of sp³-hybridized carbons (Fsp3) is 0.179. The highest BCUT2D eigenvalue weighted by Gasteiger charge is 2.13. The molecule has 0 aliphatic rings. The van der Waals surface area contributed by atoms with Gasteiger partial charge in [-0.05, 0) is 42.3 Å². The van der Waals surface area contributed by atoms with Crippen LogP contribution in [0.3, 0.4) is 0 Å². The molecule has 1 heterocycles. The van der Waals surface area contributed by atoms with Crippen LogP contribution in [0, 0.1) is 6.92 Å². The van der Waals surface area contributed by atoms with Crippen LogP contribution in [0.4, 0.5) is 0 Å². The lowest BCUT2D eigenvalue weighted by molar-refractivity contribution is -0.116. The van der Waals surface area contributed by atoms with Gasteiger partial charge in [-0.15, -0.1) is 11.8 Å². The number of thioether (sulfide) groups is 1. The third-order valence-electron chi connectivity index (χ3n) is 5.48. The van der Waals surface area contributed by atoms with Crippen LogP contribution < -0.4 is 14.8 Å². The van der Waals surface area contributed by atoms with Crippen LogP contribution in [0.25, 0.3) is 28.2 Å². The van der Waals surface area contributed by atoms with E-state index in [1.54, 1.807) is 32.1 Å². The largest absolute Gasteiger partial charge is 0.493 e. The van der Waals surface area contributed by atoms with Crippen molar-refractivity contribution in [1.29, 1.82) is 0 Å². The maximum atomic E-state index is 12.3. The first-order valence-electron chi connectivity index (χ1n) is 11.1. The highest BCUT2D eigenvalue weighted by atomic mass is 32.2. The molecular formula is C28H28N2O3S. The Balaban J connectivity index is 1.39. The van der Waals surface area contributed by atoms with Gasteiger partial charge in [-0.25, -0.2) is 0 Å². The second-order valence-corrected chi connectivity index (χ2v) is 8.93. The molecule has 4 rings (SSSR count). The predicted octanol–water partition coefficient (Wildman–Crippen LogP) is 6.08. The fourth-order valence-electron chi connectivity index (χ4n) is 3.70. The summed E-state index contributed by atoms with van der Waals surface area (Å²) in [6, 6.07) is 22.4. The zero-order valence-electron chi connectivity index (χ0n) is 19.6. The van der Waals surface area contributed by atoms with E-state index in [0.29, 0.717) is 18.0 Å². The Morgan fingerprint density at radius 3 is 2.53 bits per heavy atom. The van der Waals surface area contributed by atoms with Crippen LogP contribution >= 0.6 is 11.8 Å². The Morgan fingerprint density at radius 2 is 1.76 bits per heavy atom. The van der Waals surface area contributed by atoms with Gasteiger partial charge in [0.2, 0.25) is 5.91 Å². The highest BCUT2D eigenvalue weighted by Crippen LogP contribution is 2.37. The van der Waals surface area contributed by atoms with Gasteiger partial charge in [-0.3, -0.25) is 4.79 Å². The molecule has 1 amide bonds. The lowest BCUT2D eigenvalue weighted by Gasteiger charge is -2.08. The second-order valence-electron chi connectivity index (χ2n) is 7.83. The summed E-state index contributed by atoms with van der Waals surface area (Å²) in [5.74, 6) is 1.91. The summed E-state index contributed by atoms with van der Waals surface area (Å²) in [6.07, 6.45) is 3.30. The number of nitrogens with one attached hydrogen (secondary N) is 2. The molecule has 1 aromatic heterocycles. The summed E-state index contributed by atoms with van der Waals surface area (Å²) in [7, 11) is 3.19. The normalized spacial score (nSPS) is 11.1. The minimum Gasteiger partial charge on any atom is -0.493 e. The lowest BCUT2D eigenvalue weighted by atomic mass is 10.1. The third-order valence-corrected chi connectivity index (χ3v) is 6.60. The number of para-hydroxylation sites is 1. The third kappa shape index (κ3) is 5.46. The minimum absolute atomic E-state index is 0.131. The van der Waals surface area contributed by atoms with Crippen molar-refractivity contribution in [2.45, 2.75) is 11.8 Å². The van der Waals surface area contributed by atoms with Gasteiger partial charge < -0.3 is 19.8 Å². The quantitative estimate of drug-likeness (QED) is 0.176. The van der Waals surface area contributed by atoms with Gasteiger partial charge in [0, 0.05) is 34.2 Å². The summed E-state index contributed by atoms with van der Waals surface area (Å²) in [5.41, 5.74) is 5.49. The Kier molecular flexibility index (Phi) is 7.60. The molecule has 5 nitrogen and oxygen atoms in total. The molecule has 0 saturated heterocycles. The summed E-state index contributed by atoms with van der Waals surface area (Å²) in [4.78, 5) is 17.1. The number of aryl methyl sites for hydroxylation is 1. The Bertz CT molecular complexity index is 1310. The Morgan fingerprint density at radius 1 is 1.00 bits per heavy atom. The topological polar surface area (TPSA) is 63.3 Å². The van der Waals surface area contributed by atoms with Crippen LogP contribution in [0.15, 0.2) is 77.7 Å². The number of carbonyl (C=O) groups excluding carboxylic acids is 1. The van der Waals surface area contributed by atoms with Crippen LogP contribution in [0.5, 0.6) is 11.5 Å². The molecule has 174 valence electrons. The molecule has 34 heavy (non-hydrogen) atoms. The monoisotopic (exact) mass is 472 g/mol. The molecule has 2 N–H and O–H groups in total. The maximum absolute atomic E-state index is 12.3. The van der Waals surface area contributed by atoms with E-state index in [9.17, 15) is 4.79 Å². The van der Waals surface area contributed by atoms with Crippen molar-refractivity contribution in [2.75, 3.05) is 26.5 Å². The van der Waals surface area contributed by atoms with Gasteiger partial charge in [0.25, 0.3) is 0 Å². The number of benzene rings is 3. The first-order valence-corrected chi connectivity index (χ1v) is 12.1. The van der Waals surface area contributed by atoms with Gasteiger partial charge >= 0.3 is 0 Å². The Hall–Kier alpha value is -3.64. The lowest BCUT2D eigenvalue weighted by Crippen LogP contribution is -2.23. The van der Waals surface area contributed by atoms with Crippen molar-refractivity contribution in [3.8, 4) is 22.8 Å². The number of amides is 1. The Labute approximate surface area is 204 Å². The van der Waals surface area contributed by atoms with Crippen LogP contribution in [-0.2, 0) is 4.79 Å². The first-order chi connectivity index (χ1) is 16.6. The number of rotatable bonds is 9. The molecule has 4 aromatic rings. The van der Waals surface area contributed by atoms with Crippen LogP contribution in [0.1, 0.15) is 11.1 Å². The van der Waals surface area contributed by atoms with Crippen LogP contribution in [-0.4, -0.2) is 37.4 Å². The van der Waals surface area contributed by atoms with E-state index in [-0.39, 0.29) is 5.91 Å². The van der Waals surface area contributed by atoms with Crippen LogP contribution in [0.2, 0.25) is 0 Å². The number of hydrogen-bond donors (Lipinski definition) is 2. The standard InChI is InChI=1S/C28H28N2O3S/c1-19-8-12-21(13-9-19)27-28(22-6-4-5-7-23(22)30-27)34-17-16-29-26(31)15-11-20-10-14-24(32-2)25(18-20)33-3/h4-15,18,30H,16-17H2,1-3H3,(H,29,31)/b15-11+. The minimum atomic E-state index is -0.131. The number of carbonyl (C=O) groups is 1. The van der Waals surface area contributed by atoms with Crippen molar-refractivity contribution in [2.24, 2.45) is 0 Å². The molecule has 0 fully saturated rings. The summed E-state index contributed by atoms with van der Waals surface area (Å²) in [6.45, 7) is 2.65. The van der Waals surface area contributed by atoms with E-state index >= 15 is 0 Å². The highest BCUT2D eigenvalue weighted by molar-refractivity contribution is 7.99. The average Bonchev–Trinajstić information content (AvgIpc) is 3.24. The number of aromatic nitrogens is 1. The number of methoxy groups -OCH3 is 2. The van der Waals surface area contributed by atoms with Gasteiger partial charge in [0.1, 0.15) is 0 Å². The molecule has 0 saturated carbocycles. The van der Waals surface area contributed by atoms with Crippen molar-refractivity contribution < 1.29 is 14.3 Å². The molecule has 0 atom stereocenters. The molecule has 0 unspecified atom stereocenters. The van der Waals surface area contributed by atoms with Crippen molar-refractivity contribution in [3.63, 3.8) is 0 Å². The van der Waals surface area contributed by atoms with Crippen molar-refractivity contribution in [1.82, 2.24) is 10.3 Å². The number of fused-ring (bicyclic) bond motifs is 1. The number of H-pyrrole nitrogens is 1. The fourth-order valence-corrected chi connectivity index (χ4v) is 4.76. The average molecular weight is 473 g/mol. The molecule has 0 aliphatic heterocycles. The van der Waals surface area contributed by atoms with E-state index in [0.717, 1.165) is 28.1 Å². The van der Waals surface area contributed by atoms with Crippen molar-refractivity contribution in [3.05, 3.63) is 83.9 Å². The second kappa shape index (κ2) is 11.0. The molecule has 0 radical (unpaired) electrons. The molecule has 0 aliphatic carbocycles. The summed E-state index contributed by atoms with van der Waals surface area (Å²) in [5, 5.41) is 4.17. The molecule has 3 aromatic carbocycles. The molecular weight excluding hydrogens is 444 g/mol. The first kappa shape index (κ1) is 23.5. The zero-order chi connectivity index (χ0) is 23.9. The smallest absolute Gasteiger partial charge is 0.244 e. The summed E-state index contributed by atoms with van der Waals surface area (Å²) < 4.78 is 10.6.